The molecule has 2 aromatic rings. The number of nitrogens with zero attached hydrogens (tertiary/aromatic N) is 1. The van der Waals surface area contributed by atoms with Crippen LogP contribution < -0.4 is 0 Å². The third kappa shape index (κ3) is 2.44. The van der Waals surface area contributed by atoms with Gasteiger partial charge in [0.1, 0.15) is 6.10 Å². The van der Waals surface area contributed by atoms with Gasteiger partial charge < -0.3 is 5.11 Å². The Morgan fingerprint density at radius 2 is 1.94 bits per heavy atom. The smallest absolute Gasteiger partial charge is 0.123 e. The Bertz CT molecular complexity index is 543. The number of halogens is 2. The molecular weight excluding hydrogens is 257 g/mol. The first-order valence-electron chi connectivity index (χ1n) is 5.14. The number of rotatable bonds is 2. The molecule has 4 heteroatoms. The highest BCUT2D eigenvalue weighted by Gasteiger charge is 2.18. The number of hydrogen-bond donors (Lipinski definition) is 1. The average Bonchev–Trinajstić information content (AvgIpc) is 2.32. The predicted octanol–water partition coefficient (Wildman–Crippen LogP) is 3.78. The van der Waals surface area contributed by atoms with Crippen LogP contribution in [0.15, 0.2) is 36.5 Å². The molecule has 88 valence electrons. The minimum absolute atomic E-state index is 0.367. The molecule has 17 heavy (non-hydrogen) atoms. The normalized spacial score (nSPS) is 12.5. The maximum absolute atomic E-state index is 10.3. The molecule has 0 spiro atoms. The van der Waals surface area contributed by atoms with Crippen LogP contribution in [0.4, 0.5) is 0 Å². The zero-order chi connectivity index (χ0) is 12.4. The van der Waals surface area contributed by atoms with Gasteiger partial charge in [-0.1, -0.05) is 41.4 Å². The second kappa shape index (κ2) is 5.05. The summed E-state index contributed by atoms with van der Waals surface area (Å²) >= 11 is 12.0. The van der Waals surface area contributed by atoms with E-state index in [2.05, 4.69) is 4.98 Å². The summed E-state index contributed by atoms with van der Waals surface area (Å²) < 4.78 is 0. The van der Waals surface area contributed by atoms with Gasteiger partial charge in [-0.05, 0) is 24.6 Å². The molecule has 0 fully saturated rings. The fourth-order valence-electron chi connectivity index (χ4n) is 1.66. The third-order valence-electron chi connectivity index (χ3n) is 2.58. The van der Waals surface area contributed by atoms with Gasteiger partial charge in [0, 0.05) is 11.8 Å². The van der Waals surface area contributed by atoms with Crippen LogP contribution in [0.5, 0.6) is 0 Å². The van der Waals surface area contributed by atoms with Gasteiger partial charge in [-0.25, -0.2) is 0 Å². The van der Waals surface area contributed by atoms with Crippen LogP contribution in [0.3, 0.4) is 0 Å². The van der Waals surface area contributed by atoms with E-state index >= 15 is 0 Å². The fraction of sp³-hybridized carbons (Fsp3) is 0.154. The molecular formula is C13H11Cl2NO. The molecule has 0 saturated heterocycles. The van der Waals surface area contributed by atoms with E-state index in [9.17, 15) is 5.11 Å². The minimum Gasteiger partial charge on any atom is -0.382 e. The summed E-state index contributed by atoms with van der Waals surface area (Å²) in [4.78, 5) is 4.17. The SMILES string of the molecule is Cc1cccnc1C(O)c1cccc(Cl)c1Cl. The van der Waals surface area contributed by atoms with E-state index in [0.29, 0.717) is 21.3 Å². The molecule has 0 aliphatic rings. The Morgan fingerprint density at radius 3 is 2.65 bits per heavy atom. The summed E-state index contributed by atoms with van der Waals surface area (Å²) in [6, 6.07) is 8.90. The van der Waals surface area contributed by atoms with Crippen molar-refractivity contribution in [3.8, 4) is 0 Å². The molecule has 1 N–H and O–H groups in total. The molecule has 0 aliphatic heterocycles. The lowest BCUT2D eigenvalue weighted by Crippen LogP contribution is -2.05. The van der Waals surface area contributed by atoms with Crippen molar-refractivity contribution in [3.05, 3.63) is 63.4 Å². The Morgan fingerprint density at radius 1 is 1.18 bits per heavy atom. The molecule has 2 rings (SSSR count). The quantitative estimate of drug-likeness (QED) is 0.899. The van der Waals surface area contributed by atoms with Crippen molar-refractivity contribution in [1.29, 1.82) is 0 Å². The van der Waals surface area contributed by atoms with Crippen LogP contribution in [-0.4, -0.2) is 10.1 Å². The molecule has 1 unspecified atom stereocenters. The number of aliphatic hydroxyl groups is 1. The van der Waals surface area contributed by atoms with Crippen LogP contribution in [0.25, 0.3) is 0 Å². The summed E-state index contributed by atoms with van der Waals surface area (Å²) in [5.74, 6) is 0. The highest BCUT2D eigenvalue weighted by Crippen LogP contribution is 2.33. The van der Waals surface area contributed by atoms with Gasteiger partial charge in [0.2, 0.25) is 0 Å². The lowest BCUT2D eigenvalue weighted by Gasteiger charge is -2.14. The summed E-state index contributed by atoms with van der Waals surface area (Å²) in [7, 11) is 0. The molecule has 2 nitrogen and oxygen atoms in total. The number of aryl methyl sites for hydroxylation is 1. The van der Waals surface area contributed by atoms with Crippen LogP contribution in [0.1, 0.15) is 22.9 Å². The molecule has 1 atom stereocenters. The van der Waals surface area contributed by atoms with Crippen molar-refractivity contribution in [2.75, 3.05) is 0 Å². The van der Waals surface area contributed by atoms with Gasteiger partial charge in [0.25, 0.3) is 0 Å². The fourth-order valence-corrected chi connectivity index (χ4v) is 2.07. The Kier molecular flexibility index (Phi) is 3.67. The van der Waals surface area contributed by atoms with Gasteiger partial charge in [-0.3, -0.25) is 4.98 Å². The summed E-state index contributed by atoms with van der Waals surface area (Å²) in [6.45, 7) is 1.89. The van der Waals surface area contributed by atoms with Crippen LogP contribution >= 0.6 is 23.2 Å². The van der Waals surface area contributed by atoms with Gasteiger partial charge in [0.05, 0.1) is 15.7 Å². The van der Waals surface area contributed by atoms with Crippen molar-refractivity contribution < 1.29 is 5.11 Å². The van der Waals surface area contributed by atoms with E-state index in [0.717, 1.165) is 5.56 Å². The second-order valence-electron chi connectivity index (χ2n) is 3.75. The monoisotopic (exact) mass is 267 g/mol. The Labute approximate surface area is 110 Å². The van der Waals surface area contributed by atoms with E-state index < -0.39 is 6.10 Å². The first-order valence-corrected chi connectivity index (χ1v) is 5.90. The molecule has 0 amide bonds. The van der Waals surface area contributed by atoms with Crippen molar-refractivity contribution in [2.45, 2.75) is 13.0 Å². The Hall–Kier alpha value is -1.09. The van der Waals surface area contributed by atoms with Crippen molar-refractivity contribution in [1.82, 2.24) is 4.98 Å². The first-order chi connectivity index (χ1) is 8.11. The van der Waals surface area contributed by atoms with E-state index in [1.807, 2.05) is 19.1 Å². The molecule has 1 aromatic carbocycles. The molecule has 0 bridgehead atoms. The van der Waals surface area contributed by atoms with Crippen LogP contribution in [-0.2, 0) is 0 Å². The molecule has 1 aromatic heterocycles. The Balaban J connectivity index is 2.48. The predicted molar refractivity (Wildman–Crippen MR) is 69.5 cm³/mol. The number of aromatic nitrogens is 1. The molecule has 0 radical (unpaired) electrons. The second-order valence-corrected chi connectivity index (χ2v) is 4.54. The van der Waals surface area contributed by atoms with Gasteiger partial charge in [-0.2, -0.15) is 0 Å². The highest BCUT2D eigenvalue weighted by atomic mass is 35.5. The largest absolute Gasteiger partial charge is 0.382 e. The zero-order valence-corrected chi connectivity index (χ0v) is 10.7. The lowest BCUT2D eigenvalue weighted by molar-refractivity contribution is 0.214. The van der Waals surface area contributed by atoms with E-state index in [4.69, 9.17) is 23.2 Å². The molecule has 0 saturated carbocycles. The number of hydrogen-bond acceptors (Lipinski definition) is 2. The maximum Gasteiger partial charge on any atom is 0.123 e. The standard InChI is InChI=1S/C13H11Cl2NO/c1-8-4-3-7-16-12(8)13(17)9-5-2-6-10(14)11(9)15/h2-7,13,17H,1H3. The average molecular weight is 268 g/mol. The van der Waals surface area contributed by atoms with E-state index in [1.54, 1.807) is 24.4 Å². The first kappa shape index (κ1) is 12.4. The molecule has 1 heterocycles. The lowest BCUT2D eigenvalue weighted by atomic mass is 10.0. The van der Waals surface area contributed by atoms with Crippen molar-refractivity contribution >= 4 is 23.2 Å². The van der Waals surface area contributed by atoms with Crippen molar-refractivity contribution in [2.24, 2.45) is 0 Å². The highest BCUT2D eigenvalue weighted by molar-refractivity contribution is 6.42. The van der Waals surface area contributed by atoms with E-state index in [1.165, 1.54) is 0 Å². The summed E-state index contributed by atoms with van der Waals surface area (Å²) in [6.07, 6.45) is 0.784. The number of pyridine rings is 1. The number of aliphatic hydroxyl groups excluding tert-OH is 1. The number of benzene rings is 1. The topological polar surface area (TPSA) is 33.1 Å². The van der Waals surface area contributed by atoms with Gasteiger partial charge >= 0.3 is 0 Å². The molecule has 0 aliphatic carbocycles. The van der Waals surface area contributed by atoms with Crippen LogP contribution in [0, 0.1) is 6.92 Å². The third-order valence-corrected chi connectivity index (χ3v) is 3.42. The maximum atomic E-state index is 10.3. The summed E-state index contributed by atoms with van der Waals surface area (Å²) in [5.41, 5.74) is 2.08. The minimum atomic E-state index is -0.859. The summed E-state index contributed by atoms with van der Waals surface area (Å²) in [5, 5.41) is 11.1. The van der Waals surface area contributed by atoms with Crippen molar-refractivity contribution in [3.63, 3.8) is 0 Å². The van der Waals surface area contributed by atoms with E-state index in [-0.39, 0.29) is 0 Å². The van der Waals surface area contributed by atoms with Crippen LogP contribution in [0.2, 0.25) is 10.0 Å². The zero-order valence-electron chi connectivity index (χ0n) is 9.19. The van der Waals surface area contributed by atoms with Gasteiger partial charge in [0.15, 0.2) is 0 Å². The van der Waals surface area contributed by atoms with Gasteiger partial charge in [-0.15, -0.1) is 0 Å².